The minimum absolute atomic E-state index is 0.107. The minimum atomic E-state index is -0.293. The molecule has 3 rings (SSSR count). The molecule has 100 valence electrons. The van der Waals surface area contributed by atoms with Gasteiger partial charge in [0.25, 0.3) is 0 Å². The van der Waals surface area contributed by atoms with Crippen molar-refractivity contribution in [3.05, 3.63) is 0 Å². The van der Waals surface area contributed by atoms with Gasteiger partial charge in [0.05, 0.1) is 0 Å². The Bertz CT molecular complexity index is 345. The predicted molar refractivity (Wildman–Crippen MR) is 65.8 cm³/mol. The molecule has 1 amide bonds. The summed E-state index contributed by atoms with van der Waals surface area (Å²) < 4.78 is 5.54. The van der Waals surface area contributed by atoms with Crippen LogP contribution in [0.15, 0.2) is 0 Å². The maximum absolute atomic E-state index is 12.1. The highest BCUT2D eigenvalue weighted by atomic mass is 16.5. The number of hydrogen-bond donors (Lipinski definition) is 0. The Morgan fingerprint density at radius 3 is 2.33 bits per heavy atom. The summed E-state index contributed by atoms with van der Waals surface area (Å²) in [6.07, 6.45) is 8.13. The van der Waals surface area contributed by atoms with Crippen LogP contribution in [0.5, 0.6) is 0 Å². The molecule has 1 saturated heterocycles. The lowest BCUT2D eigenvalue weighted by molar-refractivity contribution is -0.158. The maximum atomic E-state index is 12.1. The summed E-state index contributed by atoms with van der Waals surface area (Å²) in [6.45, 7) is 0.736. The molecule has 1 atom stereocenters. The molecule has 0 aromatic carbocycles. The zero-order valence-corrected chi connectivity index (χ0v) is 10.8. The van der Waals surface area contributed by atoms with Crippen LogP contribution in [-0.4, -0.2) is 35.5 Å². The van der Waals surface area contributed by atoms with Crippen molar-refractivity contribution in [2.24, 2.45) is 5.92 Å². The average molecular weight is 251 g/mol. The summed E-state index contributed by atoms with van der Waals surface area (Å²) in [5.41, 5.74) is 0. The van der Waals surface area contributed by atoms with Crippen LogP contribution in [0.25, 0.3) is 0 Å². The second-order valence-corrected chi connectivity index (χ2v) is 5.81. The number of carbonyl (C=O) groups is 2. The Hall–Kier alpha value is -1.06. The van der Waals surface area contributed by atoms with E-state index in [1.165, 1.54) is 0 Å². The number of carbonyl (C=O) groups excluding carboxylic acids is 2. The number of ether oxygens (including phenoxy) is 1. The Labute approximate surface area is 108 Å². The first-order chi connectivity index (χ1) is 8.75. The predicted octanol–water partition coefficient (Wildman–Crippen LogP) is 1.87. The molecule has 0 aromatic rings. The van der Waals surface area contributed by atoms with Gasteiger partial charge < -0.3 is 9.64 Å². The van der Waals surface area contributed by atoms with Crippen LogP contribution in [0.3, 0.4) is 0 Å². The van der Waals surface area contributed by atoms with Crippen LogP contribution in [-0.2, 0) is 14.3 Å². The summed E-state index contributed by atoms with van der Waals surface area (Å²) in [6, 6.07) is -0.293. The zero-order chi connectivity index (χ0) is 12.5. The fraction of sp³-hybridized carbons (Fsp3) is 0.857. The molecule has 1 heterocycles. The first-order valence-corrected chi connectivity index (χ1v) is 7.26. The number of esters is 1. The molecular formula is C14H21NO3. The van der Waals surface area contributed by atoms with E-state index in [2.05, 4.69) is 0 Å². The van der Waals surface area contributed by atoms with E-state index in [4.69, 9.17) is 4.74 Å². The van der Waals surface area contributed by atoms with Crippen molar-refractivity contribution >= 4 is 11.9 Å². The van der Waals surface area contributed by atoms with Gasteiger partial charge in [-0.05, 0) is 51.4 Å². The van der Waals surface area contributed by atoms with Crippen molar-refractivity contribution in [3.8, 4) is 0 Å². The highest BCUT2D eigenvalue weighted by molar-refractivity contribution is 5.87. The van der Waals surface area contributed by atoms with Crippen LogP contribution >= 0.6 is 0 Å². The first kappa shape index (κ1) is 12.0. The van der Waals surface area contributed by atoms with E-state index in [1.807, 2.05) is 0 Å². The van der Waals surface area contributed by atoms with E-state index in [0.717, 1.165) is 57.9 Å². The first-order valence-electron chi connectivity index (χ1n) is 7.26. The van der Waals surface area contributed by atoms with E-state index < -0.39 is 0 Å². The van der Waals surface area contributed by atoms with Crippen LogP contribution in [0, 0.1) is 5.92 Å². The lowest BCUT2D eigenvalue weighted by Gasteiger charge is -2.24. The van der Waals surface area contributed by atoms with Gasteiger partial charge in [0, 0.05) is 12.5 Å². The molecule has 0 spiro atoms. The number of rotatable bonds is 3. The van der Waals surface area contributed by atoms with E-state index in [1.54, 1.807) is 4.90 Å². The highest BCUT2D eigenvalue weighted by Crippen LogP contribution is 2.34. The number of likely N-dealkylation sites (tertiary alicyclic amines) is 1. The summed E-state index contributed by atoms with van der Waals surface area (Å²) >= 11 is 0. The summed E-state index contributed by atoms with van der Waals surface area (Å²) in [4.78, 5) is 26.0. The summed E-state index contributed by atoms with van der Waals surface area (Å²) in [7, 11) is 0. The molecule has 2 aliphatic carbocycles. The molecule has 0 N–H and O–H groups in total. The molecule has 1 aliphatic heterocycles. The molecule has 4 nitrogen and oxygen atoms in total. The molecule has 3 aliphatic rings. The zero-order valence-electron chi connectivity index (χ0n) is 10.8. The Kier molecular flexibility index (Phi) is 3.27. The molecule has 2 saturated carbocycles. The van der Waals surface area contributed by atoms with Gasteiger partial charge in [-0.2, -0.15) is 0 Å². The fourth-order valence-electron chi connectivity index (χ4n) is 3.09. The standard InChI is InChI=1S/C14H21NO3/c16-13(10-7-8-10)15-9-3-6-12(15)14(17)18-11-4-1-2-5-11/h10-12H,1-9H2/t12-/m1/s1. The van der Waals surface area contributed by atoms with Gasteiger partial charge in [0.2, 0.25) is 5.91 Å². The van der Waals surface area contributed by atoms with Crippen molar-refractivity contribution < 1.29 is 14.3 Å². The molecule has 0 radical (unpaired) electrons. The molecule has 18 heavy (non-hydrogen) atoms. The molecule has 3 fully saturated rings. The molecular weight excluding hydrogens is 230 g/mol. The molecule has 0 aromatic heterocycles. The van der Waals surface area contributed by atoms with Crippen LogP contribution in [0.1, 0.15) is 51.4 Å². The van der Waals surface area contributed by atoms with E-state index in [0.29, 0.717) is 0 Å². The Balaban J connectivity index is 1.58. The summed E-state index contributed by atoms with van der Waals surface area (Å²) in [5.74, 6) is 0.221. The molecule has 0 bridgehead atoms. The van der Waals surface area contributed by atoms with Crippen molar-refractivity contribution in [2.75, 3.05) is 6.54 Å². The topological polar surface area (TPSA) is 46.6 Å². The smallest absolute Gasteiger partial charge is 0.329 e. The van der Waals surface area contributed by atoms with Crippen LogP contribution < -0.4 is 0 Å². The van der Waals surface area contributed by atoms with E-state index >= 15 is 0 Å². The second-order valence-electron chi connectivity index (χ2n) is 5.81. The van der Waals surface area contributed by atoms with Gasteiger partial charge in [-0.25, -0.2) is 4.79 Å². The summed E-state index contributed by atoms with van der Waals surface area (Å²) in [5, 5.41) is 0. The largest absolute Gasteiger partial charge is 0.461 e. The van der Waals surface area contributed by atoms with Crippen LogP contribution in [0.2, 0.25) is 0 Å². The number of amides is 1. The van der Waals surface area contributed by atoms with Gasteiger partial charge in [-0.3, -0.25) is 4.79 Å². The van der Waals surface area contributed by atoms with Gasteiger partial charge in [0.15, 0.2) is 0 Å². The maximum Gasteiger partial charge on any atom is 0.329 e. The second kappa shape index (κ2) is 4.90. The average Bonchev–Trinajstić information content (AvgIpc) is 2.89. The minimum Gasteiger partial charge on any atom is -0.461 e. The number of hydrogen-bond acceptors (Lipinski definition) is 3. The van der Waals surface area contributed by atoms with Gasteiger partial charge in [0.1, 0.15) is 12.1 Å². The van der Waals surface area contributed by atoms with Crippen molar-refractivity contribution in [3.63, 3.8) is 0 Å². The van der Waals surface area contributed by atoms with E-state index in [-0.39, 0.29) is 29.9 Å². The highest BCUT2D eigenvalue weighted by Gasteiger charge is 2.42. The Morgan fingerprint density at radius 2 is 1.67 bits per heavy atom. The fourth-order valence-corrected chi connectivity index (χ4v) is 3.09. The van der Waals surface area contributed by atoms with Crippen LogP contribution in [0.4, 0.5) is 0 Å². The SMILES string of the molecule is O=C(OC1CCCC1)[C@H]1CCCN1C(=O)C1CC1. The lowest BCUT2D eigenvalue weighted by Crippen LogP contribution is -2.43. The van der Waals surface area contributed by atoms with Crippen molar-refractivity contribution in [1.82, 2.24) is 4.90 Å². The third-order valence-corrected chi connectivity index (χ3v) is 4.32. The monoisotopic (exact) mass is 251 g/mol. The molecule has 4 heteroatoms. The van der Waals surface area contributed by atoms with Gasteiger partial charge in [-0.1, -0.05) is 0 Å². The molecule has 0 unspecified atom stereocenters. The van der Waals surface area contributed by atoms with Crippen molar-refractivity contribution in [1.29, 1.82) is 0 Å². The third-order valence-electron chi connectivity index (χ3n) is 4.32. The van der Waals surface area contributed by atoms with E-state index in [9.17, 15) is 9.59 Å². The quantitative estimate of drug-likeness (QED) is 0.719. The number of nitrogens with zero attached hydrogens (tertiary/aromatic N) is 1. The van der Waals surface area contributed by atoms with Gasteiger partial charge >= 0.3 is 5.97 Å². The van der Waals surface area contributed by atoms with Gasteiger partial charge in [-0.15, -0.1) is 0 Å². The Morgan fingerprint density at radius 1 is 0.944 bits per heavy atom. The van der Waals surface area contributed by atoms with Crippen molar-refractivity contribution in [2.45, 2.75) is 63.5 Å². The normalized spacial score (nSPS) is 28.7. The third kappa shape index (κ3) is 2.38. The lowest BCUT2D eigenvalue weighted by atomic mass is 10.2.